The molecule has 1 saturated heterocycles. The Morgan fingerprint density at radius 3 is 2.38 bits per heavy atom. The van der Waals surface area contributed by atoms with E-state index in [9.17, 15) is 13.2 Å². The van der Waals surface area contributed by atoms with Crippen LogP contribution < -0.4 is 5.32 Å². The topological polar surface area (TPSA) is 69.7 Å². The molecule has 2 aromatic rings. The minimum atomic E-state index is -3.18. The van der Waals surface area contributed by atoms with E-state index in [0.29, 0.717) is 19.6 Å². The van der Waals surface area contributed by atoms with Gasteiger partial charge in [0.05, 0.1) is 18.5 Å². The molecule has 1 heterocycles. The lowest BCUT2D eigenvalue weighted by Crippen LogP contribution is -2.47. The Bertz CT molecular complexity index is 927. The van der Waals surface area contributed by atoms with E-state index in [1.807, 2.05) is 54.6 Å². The molecule has 0 saturated carbocycles. The molecule has 3 rings (SSSR count). The summed E-state index contributed by atoms with van der Waals surface area (Å²) in [5.41, 5.74) is 0.804. The van der Waals surface area contributed by atoms with E-state index in [1.54, 1.807) is 18.8 Å². The van der Waals surface area contributed by atoms with E-state index in [1.165, 1.54) is 10.6 Å². The minimum Gasteiger partial charge on any atom is -0.324 e. The quantitative estimate of drug-likeness (QED) is 0.727. The van der Waals surface area contributed by atoms with Crippen molar-refractivity contribution in [1.82, 2.24) is 9.21 Å². The number of hydrogen-bond acceptors (Lipinski definition) is 5. The van der Waals surface area contributed by atoms with Gasteiger partial charge in [0.2, 0.25) is 15.9 Å². The van der Waals surface area contributed by atoms with Crippen LogP contribution in [0.25, 0.3) is 0 Å². The molecule has 29 heavy (non-hydrogen) atoms. The van der Waals surface area contributed by atoms with Crippen molar-refractivity contribution >= 4 is 33.4 Å². The number of benzene rings is 2. The molecule has 0 bridgehead atoms. The maximum absolute atomic E-state index is 12.6. The highest BCUT2D eigenvalue weighted by Crippen LogP contribution is 2.33. The molecule has 1 fully saturated rings. The number of amides is 1. The van der Waals surface area contributed by atoms with Gasteiger partial charge in [0.1, 0.15) is 0 Å². The maximum Gasteiger partial charge on any atom is 0.238 e. The molecule has 1 aliphatic rings. The Hall–Kier alpha value is -1.87. The average molecular weight is 434 g/mol. The van der Waals surface area contributed by atoms with E-state index in [2.05, 4.69) is 10.2 Å². The van der Waals surface area contributed by atoms with Crippen molar-refractivity contribution in [2.24, 2.45) is 0 Å². The van der Waals surface area contributed by atoms with Crippen LogP contribution in [0.5, 0.6) is 0 Å². The highest BCUT2D eigenvalue weighted by Gasteiger charge is 2.27. The monoisotopic (exact) mass is 433 g/mol. The minimum absolute atomic E-state index is 0.00677. The lowest BCUT2D eigenvalue weighted by Gasteiger charge is -2.35. The first kappa shape index (κ1) is 21.8. The number of nitrogens with one attached hydrogen (secondary N) is 1. The first-order chi connectivity index (χ1) is 13.8. The summed E-state index contributed by atoms with van der Waals surface area (Å²) in [7, 11) is -1.55. The third kappa shape index (κ3) is 6.30. The first-order valence-electron chi connectivity index (χ1n) is 9.60. The molecule has 0 aromatic heterocycles. The number of hydrogen-bond donors (Lipinski definition) is 1. The number of carbonyl (C=O) groups excluding carboxylic acids is 1. The number of carbonyl (C=O) groups is 1. The second-order valence-electron chi connectivity index (χ2n) is 7.25. The van der Waals surface area contributed by atoms with Crippen molar-refractivity contribution < 1.29 is 13.2 Å². The third-order valence-electron chi connectivity index (χ3n) is 5.09. The zero-order chi connectivity index (χ0) is 20.9. The van der Waals surface area contributed by atoms with Crippen LogP contribution in [0.4, 0.5) is 5.69 Å². The second-order valence-corrected chi connectivity index (χ2v) is 10.4. The van der Waals surface area contributed by atoms with Crippen molar-refractivity contribution in [3.63, 3.8) is 0 Å². The molecule has 0 unspecified atom stereocenters. The summed E-state index contributed by atoms with van der Waals surface area (Å²) in [5, 5.41) is 3.03. The number of anilines is 1. The van der Waals surface area contributed by atoms with Gasteiger partial charge in [-0.25, -0.2) is 12.7 Å². The zero-order valence-electron chi connectivity index (χ0n) is 16.7. The predicted molar refractivity (Wildman–Crippen MR) is 118 cm³/mol. The van der Waals surface area contributed by atoms with Crippen LogP contribution in [0.2, 0.25) is 0 Å². The smallest absolute Gasteiger partial charge is 0.238 e. The Labute approximate surface area is 177 Å². The van der Waals surface area contributed by atoms with Crippen molar-refractivity contribution in [2.45, 2.75) is 28.7 Å². The highest BCUT2D eigenvalue weighted by atomic mass is 32.2. The molecular weight excluding hydrogens is 406 g/mol. The molecule has 1 amide bonds. The summed E-state index contributed by atoms with van der Waals surface area (Å²) >= 11 is 1.62. The second kappa shape index (κ2) is 9.75. The molecular formula is C21H27N3O3S2. The van der Waals surface area contributed by atoms with Crippen molar-refractivity contribution in [2.75, 3.05) is 38.3 Å². The van der Waals surface area contributed by atoms with Gasteiger partial charge in [0, 0.05) is 36.0 Å². The SMILES string of the molecule is CN(C1CCN(CC(=O)Nc2ccccc2Sc2ccccc2)CC1)S(C)(=O)=O. The standard InChI is InChI=1S/C21H27N3O3S2/c1-23(29(2,26)27)17-12-14-24(15-13-17)16-21(25)22-19-10-6-7-11-20(19)28-18-8-4-3-5-9-18/h3-11,17H,12-16H2,1-2H3,(H,22,25). The van der Waals surface area contributed by atoms with Gasteiger partial charge in [-0.15, -0.1) is 0 Å². The van der Waals surface area contributed by atoms with Gasteiger partial charge in [-0.1, -0.05) is 42.1 Å². The summed E-state index contributed by atoms with van der Waals surface area (Å²) in [4.78, 5) is 16.8. The molecule has 2 aromatic carbocycles. The molecule has 0 aliphatic carbocycles. The summed E-state index contributed by atoms with van der Waals surface area (Å²) in [6.45, 7) is 1.72. The van der Waals surface area contributed by atoms with Crippen LogP contribution in [0, 0.1) is 0 Å². The van der Waals surface area contributed by atoms with Gasteiger partial charge in [-0.05, 0) is 37.1 Å². The van der Waals surface area contributed by atoms with Crippen molar-refractivity contribution in [1.29, 1.82) is 0 Å². The predicted octanol–water partition coefficient (Wildman–Crippen LogP) is 3.13. The Kier molecular flexibility index (Phi) is 7.34. The number of piperidine rings is 1. The third-order valence-corrected chi connectivity index (χ3v) is 7.52. The van der Waals surface area contributed by atoms with Gasteiger partial charge in [0.25, 0.3) is 0 Å². The van der Waals surface area contributed by atoms with Gasteiger partial charge in [-0.2, -0.15) is 0 Å². The first-order valence-corrected chi connectivity index (χ1v) is 12.3. The van der Waals surface area contributed by atoms with Crippen molar-refractivity contribution in [3.05, 3.63) is 54.6 Å². The number of sulfonamides is 1. The van der Waals surface area contributed by atoms with Crippen LogP contribution in [0.15, 0.2) is 64.4 Å². The van der Waals surface area contributed by atoms with E-state index < -0.39 is 10.0 Å². The summed E-state index contributed by atoms with van der Waals surface area (Å²) < 4.78 is 24.9. The molecule has 0 radical (unpaired) electrons. The molecule has 1 aliphatic heterocycles. The Morgan fingerprint density at radius 1 is 1.10 bits per heavy atom. The zero-order valence-corrected chi connectivity index (χ0v) is 18.4. The van der Waals surface area contributed by atoms with E-state index in [0.717, 1.165) is 28.3 Å². The van der Waals surface area contributed by atoms with Gasteiger partial charge in [-0.3, -0.25) is 9.69 Å². The molecule has 156 valence electrons. The normalized spacial score (nSPS) is 16.1. The van der Waals surface area contributed by atoms with Crippen LogP contribution in [-0.2, 0) is 14.8 Å². The number of rotatable bonds is 7. The largest absolute Gasteiger partial charge is 0.324 e. The van der Waals surface area contributed by atoms with Crippen LogP contribution in [-0.4, -0.2) is 62.5 Å². The number of likely N-dealkylation sites (tertiary alicyclic amines) is 1. The van der Waals surface area contributed by atoms with Crippen molar-refractivity contribution in [3.8, 4) is 0 Å². The lowest BCUT2D eigenvalue weighted by atomic mass is 10.1. The Morgan fingerprint density at radius 2 is 1.72 bits per heavy atom. The average Bonchev–Trinajstić information content (AvgIpc) is 2.69. The number of nitrogens with zero attached hydrogens (tertiary/aromatic N) is 2. The Balaban J connectivity index is 1.54. The summed E-state index contributed by atoms with van der Waals surface area (Å²) in [6, 6.07) is 17.9. The molecule has 8 heteroatoms. The van der Waals surface area contributed by atoms with Gasteiger partial charge < -0.3 is 5.32 Å². The maximum atomic E-state index is 12.6. The van der Waals surface area contributed by atoms with Gasteiger partial charge in [0.15, 0.2) is 0 Å². The molecule has 0 atom stereocenters. The van der Waals surface area contributed by atoms with Crippen LogP contribution in [0.3, 0.4) is 0 Å². The van der Waals surface area contributed by atoms with E-state index in [-0.39, 0.29) is 11.9 Å². The fourth-order valence-corrected chi connectivity index (χ4v) is 5.05. The summed E-state index contributed by atoms with van der Waals surface area (Å²) in [5.74, 6) is -0.0546. The number of para-hydroxylation sites is 1. The summed E-state index contributed by atoms with van der Waals surface area (Å²) in [6.07, 6.45) is 2.70. The fraction of sp³-hybridized carbons (Fsp3) is 0.381. The van der Waals surface area contributed by atoms with Crippen LogP contribution >= 0.6 is 11.8 Å². The van der Waals surface area contributed by atoms with E-state index >= 15 is 0 Å². The fourth-order valence-electron chi connectivity index (χ4n) is 3.38. The lowest BCUT2D eigenvalue weighted by molar-refractivity contribution is -0.117. The molecule has 6 nitrogen and oxygen atoms in total. The molecule has 0 spiro atoms. The van der Waals surface area contributed by atoms with Crippen LogP contribution in [0.1, 0.15) is 12.8 Å². The molecule has 1 N–H and O–H groups in total. The van der Waals surface area contributed by atoms with Gasteiger partial charge >= 0.3 is 0 Å². The highest BCUT2D eigenvalue weighted by molar-refractivity contribution is 7.99. The van der Waals surface area contributed by atoms with E-state index in [4.69, 9.17) is 0 Å².